The van der Waals surface area contributed by atoms with Crippen LogP contribution in [0, 0.1) is 11.8 Å². The van der Waals surface area contributed by atoms with Crippen LogP contribution in [0.4, 0.5) is 0 Å². The van der Waals surface area contributed by atoms with Gasteiger partial charge in [0.15, 0.2) is 0 Å². The lowest BCUT2D eigenvalue weighted by atomic mass is 9.87. The molecule has 1 aromatic carbocycles. The van der Waals surface area contributed by atoms with E-state index in [1.165, 1.54) is 17.7 Å². The number of fused-ring (bicyclic) bond motifs is 1. The topological polar surface area (TPSA) is 49.4 Å². The Morgan fingerprint density at radius 3 is 2.62 bits per heavy atom. The summed E-state index contributed by atoms with van der Waals surface area (Å²) >= 11 is 0. The second kappa shape index (κ2) is 5.26. The second-order valence-electron chi connectivity index (χ2n) is 6.31. The lowest BCUT2D eigenvalue weighted by molar-refractivity contribution is -0.127. The van der Waals surface area contributed by atoms with Crippen LogP contribution in [0.5, 0.6) is 0 Å². The van der Waals surface area contributed by atoms with Crippen molar-refractivity contribution in [1.29, 1.82) is 0 Å². The minimum absolute atomic E-state index is 0.128. The highest BCUT2D eigenvalue weighted by Crippen LogP contribution is 2.42. The molecule has 0 aromatic heterocycles. The molecule has 1 heterocycles. The molecule has 4 nitrogen and oxygen atoms in total. The van der Waals surface area contributed by atoms with E-state index >= 15 is 0 Å². The molecule has 1 saturated carbocycles. The lowest BCUT2D eigenvalue weighted by Gasteiger charge is -2.27. The number of rotatable bonds is 4. The van der Waals surface area contributed by atoms with Crippen molar-refractivity contribution in [3.8, 4) is 0 Å². The van der Waals surface area contributed by atoms with Crippen molar-refractivity contribution in [2.24, 2.45) is 11.8 Å². The Morgan fingerprint density at radius 1 is 1.29 bits per heavy atom. The number of benzene rings is 1. The van der Waals surface area contributed by atoms with E-state index in [1.807, 2.05) is 19.2 Å². The molecular formula is C17H22N2O2. The summed E-state index contributed by atoms with van der Waals surface area (Å²) in [6, 6.07) is 6.24. The van der Waals surface area contributed by atoms with E-state index in [1.54, 1.807) is 7.05 Å². The fourth-order valence-corrected chi connectivity index (χ4v) is 3.34. The number of hydrogen-bond donors (Lipinski definition) is 1. The summed E-state index contributed by atoms with van der Waals surface area (Å²) in [6.45, 7) is 2.27. The number of amides is 2. The summed E-state index contributed by atoms with van der Waals surface area (Å²) in [4.78, 5) is 25.3. The molecule has 1 fully saturated rings. The first-order valence-electron chi connectivity index (χ1n) is 7.64. The molecule has 0 radical (unpaired) electrons. The average Bonchev–Trinajstić information content (AvgIpc) is 3.31. The molecule has 2 atom stereocenters. The smallest absolute Gasteiger partial charge is 0.260 e. The summed E-state index contributed by atoms with van der Waals surface area (Å²) in [5.74, 6) is 1.04. The van der Waals surface area contributed by atoms with E-state index in [2.05, 4.69) is 18.3 Å². The molecular weight excluding hydrogens is 264 g/mol. The molecule has 0 bridgehead atoms. The van der Waals surface area contributed by atoms with E-state index < -0.39 is 0 Å². The van der Waals surface area contributed by atoms with Gasteiger partial charge in [-0.1, -0.05) is 19.1 Å². The van der Waals surface area contributed by atoms with E-state index in [-0.39, 0.29) is 17.9 Å². The molecule has 2 unspecified atom stereocenters. The SMILES string of the molecule is CNC(c1ccc2c(c1)C(=O)N(C)C(=O)C2)C(C)C1CC1. The van der Waals surface area contributed by atoms with Gasteiger partial charge in [0.1, 0.15) is 0 Å². The Balaban J connectivity index is 1.94. The van der Waals surface area contributed by atoms with Gasteiger partial charge in [0.05, 0.1) is 6.42 Å². The number of imide groups is 1. The molecule has 1 aliphatic heterocycles. The van der Waals surface area contributed by atoms with Gasteiger partial charge < -0.3 is 5.32 Å². The quantitative estimate of drug-likeness (QED) is 0.863. The van der Waals surface area contributed by atoms with Gasteiger partial charge in [-0.05, 0) is 48.9 Å². The molecule has 112 valence electrons. The molecule has 0 saturated heterocycles. The predicted molar refractivity (Wildman–Crippen MR) is 80.9 cm³/mol. The molecule has 2 aliphatic rings. The van der Waals surface area contributed by atoms with Crippen molar-refractivity contribution < 1.29 is 9.59 Å². The fourth-order valence-electron chi connectivity index (χ4n) is 3.34. The van der Waals surface area contributed by atoms with Crippen LogP contribution in [-0.4, -0.2) is 30.8 Å². The van der Waals surface area contributed by atoms with Crippen molar-refractivity contribution in [2.75, 3.05) is 14.1 Å². The number of nitrogens with one attached hydrogen (secondary N) is 1. The molecule has 0 spiro atoms. The van der Waals surface area contributed by atoms with Gasteiger partial charge in [-0.25, -0.2) is 0 Å². The van der Waals surface area contributed by atoms with E-state index in [4.69, 9.17) is 0 Å². The Hall–Kier alpha value is -1.68. The molecule has 2 amide bonds. The van der Waals surface area contributed by atoms with Gasteiger partial charge >= 0.3 is 0 Å². The summed E-state index contributed by atoms with van der Waals surface area (Å²) in [7, 11) is 3.53. The van der Waals surface area contributed by atoms with E-state index in [0.29, 0.717) is 17.9 Å². The Kier molecular flexibility index (Phi) is 3.57. The summed E-state index contributed by atoms with van der Waals surface area (Å²) in [5, 5.41) is 3.39. The van der Waals surface area contributed by atoms with Crippen LogP contribution >= 0.6 is 0 Å². The zero-order valence-electron chi connectivity index (χ0n) is 12.8. The third kappa shape index (κ3) is 2.48. The molecule has 4 heteroatoms. The highest BCUT2D eigenvalue weighted by Gasteiger charge is 2.34. The minimum atomic E-state index is -0.183. The summed E-state index contributed by atoms with van der Waals surface area (Å²) in [5.41, 5.74) is 2.67. The Bertz CT molecular complexity index is 592. The van der Waals surface area contributed by atoms with Crippen LogP contribution < -0.4 is 5.32 Å². The first-order chi connectivity index (χ1) is 10.0. The lowest BCUT2D eigenvalue weighted by Crippen LogP contribution is -2.39. The Morgan fingerprint density at radius 2 is 2.00 bits per heavy atom. The van der Waals surface area contributed by atoms with E-state index in [9.17, 15) is 9.59 Å². The normalized spacial score (nSPS) is 21.2. The van der Waals surface area contributed by atoms with Gasteiger partial charge in [0.25, 0.3) is 5.91 Å². The van der Waals surface area contributed by atoms with Crippen molar-refractivity contribution in [3.63, 3.8) is 0 Å². The standard InChI is InChI=1S/C17H22N2O2/c1-10(11-4-5-11)16(18-2)13-7-6-12-9-15(20)19(3)17(21)14(12)8-13/h6-8,10-11,16,18H,4-5,9H2,1-3H3. The number of likely N-dealkylation sites (N-methyl/N-ethyl adjacent to an activating group) is 1. The molecule has 1 N–H and O–H groups in total. The zero-order chi connectivity index (χ0) is 15.1. The largest absolute Gasteiger partial charge is 0.313 e. The zero-order valence-corrected chi connectivity index (χ0v) is 12.8. The Labute approximate surface area is 125 Å². The van der Waals surface area contributed by atoms with Crippen LogP contribution in [0.1, 0.15) is 47.3 Å². The van der Waals surface area contributed by atoms with Gasteiger partial charge in [0.2, 0.25) is 5.91 Å². The van der Waals surface area contributed by atoms with Crippen molar-refractivity contribution in [3.05, 3.63) is 34.9 Å². The third-order valence-electron chi connectivity index (χ3n) is 4.95. The van der Waals surface area contributed by atoms with Crippen LogP contribution in [-0.2, 0) is 11.2 Å². The van der Waals surface area contributed by atoms with Crippen molar-refractivity contribution in [2.45, 2.75) is 32.2 Å². The predicted octanol–water partition coefficient (Wildman–Crippen LogP) is 2.15. The molecule has 3 rings (SSSR count). The van der Waals surface area contributed by atoms with Gasteiger partial charge in [-0.2, -0.15) is 0 Å². The molecule has 1 aromatic rings. The van der Waals surface area contributed by atoms with Gasteiger partial charge in [-0.15, -0.1) is 0 Å². The van der Waals surface area contributed by atoms with Gasteiger partial charge in [0, 0.05) is 18.7 Å². The summed E-state index contributed by atoms with van der Waals surface area (Å²) in [6.07, 6.45) is 2.93. The number of nitrogens with zero attached hydrogens (tertiary/aromatic N) is 1. The first-order valence-corrected chi connectivity index (χ1v) is 7.64. The maximum Gasteiger partial charge on any atom is 0.260 e. The van der Waals surface area contributed by atoms with Crippen LogP contribution in [0.25, 0.3) is 0 Å². The number of carbonyl (C=O) groups excluding carboxylic acids is 2. The van der Waals surface area contributed by atoms with Crippen LogP contribution in [0.2, 0.25) is 0 Å². The molecule has 1 aliphatic carbocycles. The molecule has 21 heavy (non-hydrogen) atoms. The second-order valence-corrected chi connectivity index (χ2v) is 6.31. The van der Waals surface area contributed by atoms with Crippen molar-refractivity contribution in [1.82, 2.24) is 10.2 Å². The van der Waals surface area contributed by atoms with Gasteiger partial charge in [-0.3, -0.25) is 14.5 Å². The van der Waals surface area contributed by atoms with Crippen LogP contribution in [0.3, 0.4) is 0 Å². The maximum absolute atomic E-state index is 12.3. The van der Waals surface area contributed by atoms with E-state index in [0.717, 1.165) is 17.0 Å². The fraction of sp³-hybridized carbons (Fsp3) is 0.529. The van der Waals surface area contributed by atoms with Crippen LogP contribution in [0.15, 0.2) is 18.2 Å². The van der Waals surface area contributed by atoms with Crippen molar-refractivity contribution >= 4 is 11.8 Å². The first kappa shape index (κ1) is 14.3. The number of hydrogen-bond acceptors (Lipinski definition) is 3. The maximum atomic E-state index is 12.3. The highest BCUT2D eigenvalue weighted by molar-refractivity contribution is 6.09. The highest BCUT2D eigenvalue weighted by atomic mass is 16.2. The third-order valence-corrected chi connectivity index (χ3v) is 4.95. The summed E-state index contributed by atoms with van der Waals surface area (Å²) < 4.78 is 0. The monoisotopic (exact) mass is 286 g/mol. The minimum Gasteiger partial charge on any atom is -0.313 e. The number of carbonyl (C=O) groups is 2. The average molecular weight is 286 g/mol.